The number of rotatable bonds is 6. The third-order valence-corrected chi connectivity index (χ3v) is 2.76. The van der Waals surface area contributed by atoms with Crippen LogP contribution < -0.4 is 5.32 Å². The molecule has 0 radical (unpaired) electrons. The van der Waals surface area contributed by atoms with E-state index in [1.165, 1.54) is 6.07 Å². The molecule has 1 unspecified atom stereocenters. The lowest BCUT2D eigenvalue weighted by atomic mass is 10.2. The molecule has 0 saturated carbocycles. The maximum absolute atomic E-state index is 11.0. The Bertz CT molecular complexity index is 621. The summed E-state index contributed by atoms with van der Waals surface area (Å²) in [4.78, 5) is 18.5. The number of aliphatic hydroxyl groups is 2. The highest BCUT2D eigenvalue weighted by atomic mass is 16.6. The van der Waals surface area contributed by atoms with Gasteiger partial charge < -0.3 is 15.5 Å². The Morgan fingerprint density at radius 1 is 1.29 bits per heavy atom. The van der Waals surface area contributed by atoms with Crippen LogP contribution in [-0.2, 0) is 0 Å². The van der Waals surface area contributed by atoms with Crippen molar-refractivity contribution in [2.45, 2.75) is 6.10 Å². The summed E-state index contributed by atoms with van der Waals surface area (Å²) in [6, 6.07) is 6.36. The molecule has 2 aromatic rings. The Balaban J connectivity index is 2.32. The van der Waals surface area contributed by atoms with Crippen molar-refractivity contribution < 1.29 is 15.1 Å². The van der Waals surface area contributed by atoms with Crippen LogP contribution in [0.3, 0.4) is 0 Å². The van der Waals surface area contributed by atoms with Crippen LogP contribution in [0.5, 0.6) is 0 Å². The molecule has 3 N–H and O–H groups in total. The average Bonchev–Trinajstić information content (AvgIpc) is 2.53. The molecule has 0 amide bonds. The molecule has 0 saturated heterocycles. The smallest absolute Gasteiger partial charge is 0.311 e. The van der Waals surface area contributed by atoms with Gasteiger partial charge in [-0.25, -0.2) is 4.98 Å². The lowest BCUT2D eigenvalue weighted by molar-refractivity contribution is -0.384. The van der Waals surface area contributed by atoms with Gasteiger partial charge in [-0.3, -0.25) is 15.1 Å². The second-order valence-electron chi connectivity index (χ2n) is 4.27. The van der Waals surface area contributed by atoms with Gasteiger partial charge in [0.1, 0.15) is 0 Å². The molecule has 0 bridgehead atoms. The highest BCUT2D eigenvalue weighted by Crippen LogP contribution is 2.26. The van der Waals surface area contributed by atoms with Crippen LogP contribution in [0.15, 0.2) is 36.7 Å². The molecular formula is C13H14N4O4. The van der Waals surface area contributed by atoms with Crippen molar-refractivity contribution in [2.75, 3.05) is 18.5 Å². The van der Waals surface area contributed by atoms with Crippen molar-refractivity contribution in [3.8, 4) is 11.3 Å². The number of hydrogen-bond acceptors (Lipinski definition) is 7. The molecule has 0 spiro atoms. The van der Waals surface area contributed by atoms with Crippen LogP contribution in [0.25, 0.3) is 11.3 Å². The van der Waals surface area contributed by atoms with Gasteiger partial charge in [-0.1, -0.05) is 0 Å². The maximum atomic E-state index is 11.0. The molecule has 2 aromatic heterocycles. The van der Waals surface area contributed by atoms with Gasteiger partial charge in [0.2, 0.25) is 5.82 Å². The molecular weight excluding hydrogens is 276 g/mol. The zero-order valence-electron chi connectivity index (χ0n) is 11.0. The third kappa shape index (κ3) is 3.71. The summed E-state index contributed by atoms with van der Waals surface area (Å²) < 4.78 is 0. The monoisotopic (exact) mass is 290 g/mol. The summed E-state index contributed by atoms with van der Waals surface area (Å²) in [5.41, 5.74) is 1.12. The molecule has 1 atom stereocenters. The van der Waals surface area contributed by atoms with E-state index in [1.807, 2.05) is 0 Å². The van der Waals surface area contributed by atoms with Gasteiger partial charge >= 0.3 is 5.69 Å². The fraction of sp³-hybridized carbons (Fsp3) is 0.231. The second kappa shape index (κ2) is 6.73. The highest BCUT2D eigenvalue weighted by Gasteiger charge is 2.17. The predicted molar refractivity (Wildman–Crippen MR) is 75.7 cm³/mol. The van der Waals surface area contributed by atoms with E-state index >= 15 is 0 Å². The summed E-state index contributed by atoms with van der Waals surface area (Å²) >= 11 is 0. The first kappa shape index (κ1) is 14.8. The first-order chi connectivity index (χ1) is 10.1. The number of nitro groups is 1. The normalized spacial score (nSPS) is 11.9. The van der Waals surface area contributed by atoms with Crippen molar-refractivity contribution in [2.24, 2.45) is 0 Å². The molecule has 2 heterocycles. The minimum absolute atomic E-state index is 0.0376. The van der Waals surface area contributed by atoms with Crippen molar-refractivity contribution in [3.05, 3.63) is 46.8 Å². The fourth-order valence-electron chi connectivity index (χ4n) is 1.69. The summed E-state index contributed by atoms with van der Waals surface area (Å²) in [6.07, 6.45) is 2.18. The van der Waals surface area contributed by atoms with Crippen molar-refractivity contribution >= 4 is 11.5 Å². The minimum Gasteiger partial charge on any atom is -0.394 e. The predicted octanol–water partition coefficient (Wildman–Crippen LogP) is 0.817. The number of anilines is 1. The first-order valence-corrected chi connectivity index (χ1v) is 6.20. The molecule has 8 heteroatoms. The van der Waals surface area contributed by atoms with Gasteiger partial charge in [-0.05, 0) is 18.2 Å². The van der Waals surface area contributed by atoms with E-state index in [9.17, 15) is 15.2 Å². The molecule has 0 fully saturated rings. The van der Waals surface area contributed by atoms with E-state index in [2.05, 4.69) is 15.3 Å². The minimum atomic E-state index is -1.02. The zero-order chi connectivity index (χ0) is 15.2. The SMILES string of the molecule is O=[N+]([O-])c1ccc(-c2ccncc2)nc1NCC(O)CO. The standard InChI is InChI=1S/C13H14N4O4/c18-8-10(19)7-15-13-12(17(20)21)2-1-11(16-13)9-3-5-14-6-4-9/h1-6,10,18-19H,7-8H2,(H,15,16). The van der Waals surface area contributed by atoms with Gasteiger partial charge in [0.05, 0.1) is 23.3 Å². The quantitative estimate of drug-likeness (QED) is 0.531. The third-order valence-electron chi connectivity index (χ3n) is 2.76. The average molecular weight is 290 g/mol. The Labute approximate surface area is 120 Å². The van der Waals surface area contributed by atoms with E-state index in [0.717, 1.165) is 5.56 Å². The zero-order valence-corrected chi connectivity index (χ0v) is 11.0. The molecule has 8 nitrogen and oxygen atoms in total. The Morgan fingerprint density at radius 2 is 2.00 bits per heavy atom. The van der Waals surface area contributed by atoms with Crippen molar-refractivity contribution in [1.29, 1.82) is 0 Å². The van der Waals surface area contributed by atoms with Crippen LogP contribution >= 0.6 is 0 Å². The summed E-state index contributed by atoms with van der Waals surface area (Å²) in [7, 11) is 0. The first-order valence-electron chi connectivity index (χ1n) is 6.20. The fourth-order valence-corrected chi connectivity index (χ4v) is 1.69. The Kier molecular flexibility index (Phi) is 4.75. The van der Waals surface area contributed by atoms with E-state index in [-0.39, 0.29) is 18.1 Å². The lowest BCUT2D eigenvalue weighted by Crippen LogP contribution is -2.23. The summed E-state index contributed by atoms with van der Waals surface area (Å²) in [6.45, 7) is -0.477. The molecule has 0 aliphatic rings. The van der Waals surface area contributed by atoms with Crippen molar-refractivity contribution in [1.82, 2.24) is 9.97 Å². The number of aromatic nitrogens is 2. The Hall–Kier alpha value is -2.58. The van der Waals surface area contributed by atoms with Gasteiger partial charge in [0, 0.05) is 30.6 Å². The molecule has 110 valence electrons. The Morgan fingerprint density at radius 3 is 2.62 bits per heavy atom. The van der Waals surface area contributed by atoms with Crippen LogP contribution in [0.1, 0.15) is 0 Å². The molecule has 0 aliphatic carbocycles. The van der Waals surface area contributed by atoms with Gasteiger partial charge in [0.25, 0.3) is 0 Å². The number of nitrogens with zero attached hydrogens (tertiary/aromatic N) is 3. The van der Waals surface area contributed by atoms with E-state index < -0.39 is 17.6 Å². The summed E-state index contributed by atoms with van der Waals surface area (Å²) in [5.74, 6) is 0.0433. The topological polar surface area (TPSA) is 121 Å². The van der Waals surface area contributed by atoms with Gasteiger partial charge in [0.15, 0.2) is 0 Å². The summed E-state index contributed by atoms with van der Waals surface area (Å²) in [5, 5.41) is 31.8. The van der Waals surface area contributed by atoms with Gasteiger partial charge in [-0.15, -0.1) is 0 Å². The van der Waals surface area contributed by atoms with Crippen molar-refractivity contribution in [3.63, 3.8) is 0 Å². The van der Waals surface area contributed by atoms with Crippen LogP contribution in [-0.4, -0.2) is 44.4 Å². The maximum Gasteiger partial charge on any atom is 0.311 e. The van der Waals surface area contributed by atoms with Crippen LogP contribution in [0.4, 0.5) is 11.5 Å². The lowest BCUT2D eigenvalue weighted by Gasteiger charge is -2.11. The number of hydrogen-bond donors (Lipinski definition) is 3. The highest BCUT2D eigenvalue weighted by molar-refractivity contribution is 5.66. The number of aliphatic hydroxyl groups excluding tert-OH is 2. The molecule has 21 heavy (non-hydrogen) atoms. The molecule has 0 aromatic carbocycles. The number of pyridine rings is 2. The second-order valence-corrected chi connectivity index (χ2v) is 4.27. The van der Waals surface area contributed by atoms with E-state index in [4.69, 9.17) is 5.11 Å². The molecule has 2 rings (SSSR count). The molecule has 0 aliphatic heterocycles. The van der Waals surface area contributed by atoms with E-state index in [1.54, 1.807) is 30.6 Å². The van der Waals surface area contributed by atoms with Crippen LogP contribution in [0, 0.1) is 10.1 Å². The van der Waals surface area contributed by atoms with Gasteiger partial charge in [-0.2, -0.15) is 0 Å². The van der Waals surface area contributed by atoms with Crippen LogP contribution in [0.2, 0.25) is 0 Å². The largest absolute Gasteiger partial charge is 0.394 e. The number of nitrogens with one attached hydrogen (secondary N) is 1. The van der Waals surface area contributed by atoms with E-state index in [0.29, 0.717) is 5.69 Å².